The van der Waals surface area contributed by atoms with Crippen molar-refractivity contribution in [1.82, 2.24) is 24.4 Å². The first kappa shape index (κ1) is 30.6. The maximum atomic E-state index is 16.1. The molecular weight excluding hydrogens is 594 g/mol. The van der Waals surface area contributed by atoms with Crippen molar-refractivity contribution in [3.8, 4) is 16.9 Å². The second kappa shape index (κ2) is 12.0. The Hall–Kier alpha value is -3.83. The lowest BCUT2D eigenvalue weighted by atomic mass is 10.0. The molecule has 224 valence electrons. The number of amides is 1. The summed E-state index contributed by atoms with van der Waals surface area (Å²) in [5.74, 6) is -1.63. The predicted molar refractivity (Wildman–Crippen MR) is 167 cm³/mol. The first-order chi connectivity index (χ1) is 20.5. The van der Waals surface area contributed by atoms with Gasteiger partial charge < -0.3 is 9.80 Å². The van der Waals surface area contributed by atoms with E-state index in [1.807, 2.05) is 32.6 Å². The van der Waals surface area contributed by atoms with E-state index in [0.717, 1.165) is 5.56 Å². The van der Waals surface area contributed by atoms with Crippen molar-refractivity contribution in [3.63, 3.8) is 0 Å². The van der Waals surface area contributed by atoms with Gasteiger partial charge in [-0.05, 0) is 61.9 Å². The largest absolute Gasteiger partial charge is 0.355 e. The minimum Gasteiger partial charge on any atom is -0.350 e. The van der Waals surface area contributed by atoms with Gasteiger partial charge in [0.15, 0.2) is 17.3 Å². The SMILES string of the molecule is C=CC(=O)N1CCN(c2nc(=O)n(-c3c(C)ccnc3C(C)C)c3nc(-c4c(SC)ccc(Cl)c4F)c(F)cc23)[C@@H](C)C1. The average molecular weight is 625 g/mol. The Morgan fingerprint density at radius 2 is 1.95 bits per heavy atom. The summed E-state index contributed by atoms with van der Waals surface area (Å²) in [6, 6.07) is 5.78. The van der Waals surface area contributed by atoms with Crippen molar-refractivity contribution in [3.05, 3.63) is 81.5 Å². The molecule has 0 unspecified atom stereocenters. The van der Waals surface area contributed by atoms with Crippen LogP contribution in [0, 0.1) is 18.6 Å². The van der Waals surface area contributed by atoms with Crippen molar-refractivity contribution >= 4 is 46.1 Å². The van der Waals surface area contributed by atoms with E-state index in [-0.39, 0.29) is 51.0 Å². The predicted octanol–water partition coefficient (Wildman–Crippen LogP) is 6.15. The summed E-state index contributed by atoms with van der Waals surface area (Å²) in [6.07, 6.45) is 4.67. The molecule has 0 radical (unpaired) electrons. The van der Waals surface area contributed by atoms with Gasteiger partial charge in [0.1, 0.15) is 11.5 Å². The molecule has 0 spiro atoms. The Morgan fingerprint density at radius 3 is 2.60 bits per heavy atom. The van der Waals surface area contributed by atoms with Crippen LogP contribution in [0.4, 0.5) is 14.6 Å². The molecule has 1 aromatic carbocycles. The molecule has 1 aliphatic rings. The van der Waals surface area contributed by atoms with Gasteiger partial charge in [-0.2, -0.15) is 4.98 Å². The molecule has 12 heteroatoms. The van der Waals surface area contributed by atoms with Crippen LogP contribution in [0.5, 0.6) is 0 Å². The number of benzene rings is 1. The molecule has 0 aliphatic carbocycles. The molecule has 1 amide bonds. The zero-order valence-electron chi connectivity index (χ0n) is 24.5. The lowest BCUT2D eigenvalue weighted by Crippen LogP contribution is -2.54. The summed E-state index contributed by atoms with van der Waals surface area (Å²) in [5.41, 5.74) is 0.967. The Morgan fingerprint density at radius 1 is 1.21 bits per heavy atom. The van der Waals surface area contributed by atoms with Gasteiger partial charge in [0, 0.05) is 36.8 Å². The summed E-state index contributed by atoms with van der Waals surface area (Å²) in [6.45, 7) is 12.3. The Kier molecular flexibility index (Phi) is 8.58. The van der Waals surface area contributed by atoms with E-state index in [1.165, 1.54) is 34.5 Å². The Balaban J connectivity index is 1.86. The van der Waals surface area contributed by atoms with Gasteiger partial charge in [0.25, 0.3) is 0 Å². The number of piperazine rings is 1. The van der Waals surface area contributed by atoms with E-state index in [1.54, 1.807) is 29.5 Å². The number of anilines is 1. The number of carbonyl (C=O) groups excluding carboxylic acids is 1. The topological polar surface area (TPSA) is 84.2 Å². The number of pyridine rings is 2. The number of rotatable bonds is 6. The first-order valence-corrected chi connectivity index (χ1v) is 15.4. The van der Waals surface area contributed by atoms with E-state index in [9.17, 15) is 9.59 Å². The molecule has 4 aromatic rings. The smallest absolute Gasteiger partial charge is 0.350 e. The lowest BCUT2D eigenvalue weighted by Gasteiger charge is -2.40. The van der Waals surface area contributed by atoms with Crippen LogP contribution in [0.2, 0.25) is 5.02 Å². The number of aromatic nitrogens is 4. The number of thioether (sulfide) groups is 1. The first-order valence-electron chi connectivity index (χ1n) is 13.8. The molecular formula is C31H31ClF2N6O2S. The van der Waals surface area contributed by atoms with Crippen molar-refractivity contribution in [2.24, 2.45) is 0 Å². The quantitative estimate of drug-likeness (QED) is 0.188. The minimum absolute atomic E-state index is 0.0691. The fraction of sp³-hybridized carbons (Fsp3) is 0.323. The van der Waals surface area contributed by atoms with Crippen LogP contribution in [0.1, 0.15) is 37.9 Å². The zero-order chi connectivity index (χ0) is 31.2. The van der Waals surface area contributed by atoms with E-state index >= 15 is 8.78 Å². The second-order valence-corrected chi connectivity index (χ2v) is 12.0. The van der Waals surface area contributed by atoms with Crippen molar-refractivity contribution < 1.29 is 13.6 Å². The molecule has 8 nitrogen and oxygen atoms in total. The monoisotopic (exact) mass is 624 g/mol. The normalized spacial score (nSPS) is 15.4. The number of hydrogen-bond donors (Lipinski definition) is 0. The number of halogens is 3. The molecule has 1 saturated heterocycles. The molecule has 4 heterocycles. The fourth-order valence-corrected chi connectivity index (χ4v) is 6.26. The third-order valence-corrected chi connectivity index (χ3v) is 8.70. The summed E-state index contributed by atoms with van der Waals surface area (Å²) in [5, 5.41) is 0.0927. The summed E-state index contributed by atoms with van der Waals surface area (Å²) < 4.78 is 33.0. The highest BCUT2D eigenvalue weighted by atomic mass is 35.5. The van der Waals surface area contributed by atoms with Crippen LogP contribution in [0.3, 0.4) is 0 Å². The number of aryl methyl sites for hydroxylation is 1. The standard InChI is InChI=1S/C31H31ClF2N6O2S/c1-7-23(41)38-12-13-39(18(5)15-38)29-19-14-21(33)27(24-22(43-6)9-8-20(32)25(24)34)36-30(19)40(31(42)37-29)28-17(4)10-11-35-26(28)16(2)3/h7-11,14,16,18H,1,12-13,15H2,2-6H3/t18-/m0/s1. The fourth-order valence-electron chi connectivity index (χ4n) is 5.51. The van der Waals surface area contributed by atoms with Crippen molar-refractivity contribution in [1.29, 1.82) is 0 Å². The molecule has 3 aromatic heterocycles. The summed E-state index contributed by atoms with van der Waals surface area (Å²) >= 11 is 7.36. The van der Waals surface area contributed by atoms with Gasteiger partial charge >= 0.3 is 5.69 Å². The van der Waals surface area contributed by atoms with Crippen molar-refractivity contribution in [2.75, 3.05) is 30.8 Å². The molecule has 5 rings (SSSR count). The summed E-state index contributed by atoms with van der Waals surface area (Å²) in [7, 11) is 0. The third-order valence-electron chi connectivity index (χ3n) is 7.63. The Bertz CT molecular complexity index is 1830. The highest BCUT2D eigenvalue weighted by Gasteiger charge is 2.31. The number of hydrogen-bond acceptors (Lipinski definition) is 7. The maximum absolute atomic E-state index is 16.1. The van der Waals surface area contributed by atoms with E-state index in [0.29, 0.717) is 35.9 Å². The maximum Gasteiger partial charge on any atom is 0.355 e. The molecule has 43 heavy (non-hydrogen) atoms. The highest BCUT2D eigenvalue weighted by molar-refractivity contribution is 7.98. The Labute approximate surface area is 257 Å². The van der Waals surface area contributed by atoms with Gasteiger partial charge in [0.05, 0.1) is 27.4 Å². The van der Waals surface area contributed by atoms with Crippen LogP contribution in [-0.4, -0.2) is 62.3 Å². The van der Waals surface area contributed by atoms with Crippen molar-refractivity contribution in [2.45, 2.75) is 44.6 Å². The third kappa shape index (κ3) is 5.40. The van der Waals surface area contributed by atoms with Crippen LogP contribution >= 0.6 is 23.4 Å². The van der Waals surface area contributed by atoms with Gasteiger partial charge in [-0.1, -0.05) is 32.0 Å². The van der Waals surface area contributed by atoms with Gasteiger partial charge in [0.2, 0.25) is 5.91 Å². The highest BCUT2D eigenvalue weighted by Crippen LogP contribution is 2.39. The van der Waals surface area contributed by atoms with Crippen LogP contribution in [-0.2, 0) is 4.79 Å². The van der Waals surface area contributed by atoms with Crippen LogP contribution in [0.25, 0.3) is 28.0 Å². The average Bonchev–Trinajstić information content (AvgIpc) is 2.98. The molecule has 1 fully saturated rings. The van der Waals surface area contributed by atoms with E-state index < -0.39 is 17.3 Å². The number of fused-ring (bicyclic) bond motifs is 1. The van der Waals surface area contributed by atoms with E-state index in [2.05, 4.69) is 21.5 Å². The number of carbonyl (C=O) groups is 1. The molecule has 0 bridgehead atoms. The molecule has 1 aliphatic heterocycles. The molecule has 0 N–H and O–H groups in total. The van der Waals surface area contributed by atoms with Crippen LogP contribution in [0.15, 0.2) is 52.8 Å². The van der Waals surface area contributed by atoms with Gasteiger partial charge in [-0.15, -0.1) is 11.8 Å². The summed E-state index contributed by atoms with van der Waals surface area (Å²) in [4.78, 5) is 43.9. The zero-order valence-corrected chi connectivity index (χ0v) is 26.1. The minimum atomic E-state index is -0.806. The second-order valence-electron chi connectivity index (χ2n) is 10.7. The molecule has 0 saturated carbocycles. The van der Waals surface area contributed by atoms with E-state index in [4.69, 9.17) is 11.6 Å². The van der Waals surface area contributed by atoms with Gasteiger partial charge in [-0.3, -0.25) is 9.78 Å². The number of nitrogens with zero attached hydrogens (tertiary/aromatic N) is 6. The molecule has 1 atom stereocenters. The van der Waals surface area contributed by atoms with Crippen LogP contribution < -0.4 is 10.6 Å². The lowest BCUT2D eigenvalue weighted by molar-refractivity contribution is -0.126. The van der Waals surface area contributed by atoms with Gasteiger partial charge in [-0.25, -0.2) is 23.1 Å².